The van der Waals surface area contributed by atoms with E-state index in [4.69, 9.17) is 5.11 Å². The Hall–Kier alpha value is -1.14. The van der Waals surface area contributed by atoms with Gasteiger partial charge >= 0.3 is 0 Å². The van der Waals surface area contributed by atoms with Crippen LogP contribution in [0.15, 0.2) is 23.1 Å². The van der Waals surface area contributed by atoms with E-state index < -0.39 is 17.7 Å². The van der Waals surface area contributed by atoms with E-state index in [0.29, 0.717) is 18.0 Å². The fraction of sp³-hybridized carbons (Fsp3) is 0.364. The van der Waals surface area contributed by atoms with Crippen molar-refractivity contribution in [3.05, 3.63) is 29.8 Å². The number of carbonyl (C=O) groups excluding carboxylic acids is 1. The number of nitrogens with zero attached hydrogens (tertiary/aromatic N) is 1. The van der Waals surface area contributed by atoms with E-state index in [1.807, 2.05) is 0 Å². The van der Waals surface area contributed by atoms with Crippen molar-refractivity contribution < 1.29 is 18.7 Å². The van der Waals surface area contributed by atoms with Gasteiger partial charge in [-0.05, 0) is 18.2 Å². The number of halogens is 2. The van der Waals surface area contributed by atoms with Gasteiger partial charge in [-0.2, -0.15) is 0 Å². The van der Waals surface area contributed by atoms with Crippen LogP contribution >= 0.6 is 11.8 Å². The monoisotopic (exact) mass is 259 g/mol. The Morgan fingerprint density at radius 2 is 2.12 bits per heavy atom. The summed E-state index contributed by atoms with van der Waals surface area (Å²) in [6.45, 7) is 0.717. The number of aliphatic hydroxyl groups is 1. The number of hydrogen-bond donors (Lipinski definition) is 1. The van der Waals surface area contributed by atoms with E-state index in [1.54, 1.807) is 0 Å². The molecule has 1 fully saturated rings. The summed E-state index contributed by atoms with van der Waals surface area (Å²) in [6, 6.07) is 3.54. The quantitative estimate of drug-likeness (QED) is 0.831. The van der Waals surface area contributed by atoms with Crippen molar-refractivity contribution in [1.29, 1.82) is 0 Å². The van der Waals surface area contributed by atoms with Gasteiger partial charge in [0.1, 0.15) is 0 Å². The minimum Gasteiger partial charge on any atom is -0.389 e. The number of amides is 1. The summed E-state index contributed by atoms with van der Waals surface area (Å²) < 4.78 is 25.5. The molecule has 17 heavy (non-hydrogen) atoms. The molecule has 1 amide bonds. The Labute approximate surface area is 101 Å². The van der Waals surface area contributed by atoms with E-state index in [0.717, 1.165) is 23.9 Å². The Kier molecular flexibility index (Phi) is 3.63. The van der Waals surface area contributed by atoms with Gasteiger partial charge in [-0.1, -0.05) is 0 Å². The zero-order valence-corrected chi connectivity index (χ0v) is 9.71. The molecule has 0 bridgehead atoms. The first-order valence-electron chi connectivity index (χ1n) is 5.10. The maximum absolute atomic E-state index is 12.9. The molecule has 0 spiro atoms. The molecule has 3 nitrogen and oxygen atoms in total. The van der Waals surface area contributed by atoms with Crippen LogP contribution in [0.2, 0.25) is 0 Å². The summed E-state index contributed by atoms with van der Waals surface area (Å²) >= 11 is 1.15. The Morgan fingerprint density at radius 1 is 1.41 bits per heavy atom. The van der Waals surface area contributed by atoms with Crippen molar-refractivity contribution in [3.63, 3.8) is 0 Å². The molecule has 1 aromatic carbocycles. The lowest BCUT2D eigenvalue weighted by molar-refractivity contribution is -0.138. The topological polar surface area (TPSA) is 40.5 Å². The molecule has 6 heteroatoms. The molecule has 0 aliphatic carbocycles. The van der Waals surface area contributed by atoms with Crippen LogP contribution < -0.4 is 0 Å². The van der Waals surface area contributed by atoms with Gasteiger partial charge in [0.2, 0.25) is 5.91 Å². The van der Waals surface area contributed by atoms with Crippen LogP contribution in [0.5, 0.6) is 0 Å². The average Bonchev–Trinajstić information content (AvgIpc) is 2.26. The van der Waals surface area contributed by atoms with Crippen LogP contribution in [0.1, 0.15) is 0 Å². The van der Waals surface area contributed by atoms with Crippen molar-refractivity contribution in [3.8, 4) is 0 Å². The number of rotatable bonds is 3. The molecule has 0 atom stereocenters. The third kappa shape index (κ3) is 2.95. The molecular formula is C11H11F2NO2S. The average molecular weight is 259 g/mol. The standard InChI is InChI=1S/C11H11F2NO2S/c12-9-2-1-8(3-10(9)13)17-6-11(16)14-4-7(15)5-14/h1-3,7,15H,4-6H2. The lowest BCUT2D eigenvalue weighted by atomic mass is 10.2. The highest BCUT2D eigenvalue weighted by molar-refractivity contribution is 8.00. The van der Waals surface area contributed by atoms with Crippen LogP contribution in [-0.2, 0) is 4.79 Å². The minimum atomic E-state index is -0.915. The Morgan fingerprint density at radius 3 is 2.71 bits per heavy atom. The number of thioether (sulfide) groups is 1. The van der Waals surface area contributed by atoms with Crippen LogP contribution in [0.25, 0.3) is 0 Å². The third-order valence-corrected chi connectivity index (χ3v) is 3.45. The number of benzene rings is 1. The van der Waals surface area contributed by atoms with Crippen LogP contribution in [0.3, 0.4) is 0 Å². The Balaban J connectivity index is 1.85. The molecule has 1 saturated heterocycles. The van der Waals surface area contributed by atoms with Gasteiger partial charge in [0.25, 0.3) is 0 Å². The molecule has 0 saturated carbocycles. The molecule has 1 aliphatic heterocycles. The van der Waals surface area contributed by atoms with Crippen molar-refractivity contribution in [2.45, 2.75) is 11.0 Å². The summed E-state index contributed by atoms with van der Waals surface area (Å²) in [4.78, 5) is 13.6. The molecule has 92 valence electrons. The van der Waals surface area contributed by atoms with Crippen LogP contribution in [0, 0.1) is 11.6 Å². The van der Waals surface area contributed by atoms with E-state index in [9.17, 15) is 13.6 Å². The second-order valence-electron chi connectivity index (χ2n) is 3.82. The van der Waals surface area contributed by atoms with Gasteiger partial charge in [0.15, 0.2) is 11.6 Å². The van der Waals surface area contributed by atoms with Gasteiger partial charge in [-0.3, -0.25) is 4.79 Å². The SMILES string of the molecule is O=C(CSc1ccc(F)c(F)c1)N1CC(O)C1. The summed E-state index contributed by atoms with van der Waals surface area (Å²) in [5, 5.41) is 9.03. The van der Waals surface area contributed by atoms with Gasteiger partial charge in [-0.25, -0.2) is 8.78 Å². The molecule has 1 aromatic rings. The normalized spacial score (nSPS) is 15.8. The number of likely N-dealkylation sites (tertiary alicyclic amines) is 1. The maximum Gasteiger partial charge on any atom is 0.233 e. The van der Waals surface area contributed by atoms with E-state index in [2.05, 4.69) is 0 Å². The first kappa shape index (κ1) is 12.3. The summed E-state index contributed by atoms with van der Waals surface area (Å²) in [5.41, 5.74) is 0. The van der Waals surface area contributed by atoms with Gasteiger partial charge in [0, 0.05) is 18.0 Å². The number of β-amino-alcohol motifs (C(OH)–C–C–N with tert-alkyl or cyclic N) is 1. The van der Waals surface area contributed by atoms with Crippen LogP contribution in [0.4, 0.5) is 8.78 Å². The Bertz CT molecular complexity index is 435. The zero-order chi connectivity index (χ0) is 12.4. The molecule has 2 rings (SSSR count). The van der Waals surface area contributed by atoms with Crippen molar-refractivity contribution in [2.75, 3.05) is 18.8 Å². The maximum atomic E-state index is 12.9. The van der Waals surface area contributed by atoms with Crippen molar-refractivity contribution >= 4 is 17.7 Å². The number of carbonyl (C=O) groups is 1. The minimum absolute atomic E-state index is 0.106. The number of hydrogen-bond acceptors (Lipinski definition) is 3. The summed E-state index contributed by atoms with van der Waals surface area (Å²) in [5.74, 6) is -1.75. The highest BCUT2D eigenvalue weighted by atomic mass is 32.2. The molecule has 1 heterocycles. The molecule has 0 radical (unpaired) electrons. The van der Waals surface area contributed by atoms with Crippen LogP contribution in [-0.4, -0.2) is 40.9 Å². The lowest BCUT2D eigenvalue weighted by Crippen LogP contribution is -2.54. The summed E-state index contributed by atoms with van der Waals surface area (Å²) in [6.07, 6.45) is -0.424. The highest BCUT2D eigenvalue weighted by Crippen LogP contribution is 2.21. The van der Waals surface area contributed by atoms with Gasteiger partial charge in [-0.15, -0.1) is 11.8 Å². The fourth-order valence-corrected chi connectivity index (χ4v) is 2.29. The molecule has 1 aliphatic rings. The van der Waals surface area contributed by atoms with E-state index in [-0.39, 0.29) is 11.7 Å². The first-order chi connectivity index (χ1) is 8.06. The smallest absolute Gasteiger partial charge is 0.233 e. The second kappa shape index (κ2) is 5.01. The molecule has 0 aromatic heterocycles. The molecular weight excluding hydrogens is 248 g/mol. The highest BCUT2D eigenvalue weighted by Gasteiger charge is 2.28. The third-order valence-electron chi connectivity index (χ3n) is 2.47. The predicted octanol–water partition coefficient (Wildman–Crippen LogP) is 1.26. The predicted molar refractivity (Wildman–Crippen MR) is 59.7 cm³/mol. The largest absolute Gasteiger partial charge is 0.389 e. The fourth-order valence-electron chi connectivity index (χ4n) is 1.46. The van der Waals surface area contributed by atoms with Crippen molar-refractivity contribution in [1.82, 2.24) is 4.90 Å². The molecule has 0 unspecified atom stereocenters. The van der Waals surface area contributed by atoms with Gasteiger partial charge < -0.3 is 10.0 Å². The molecule has 1 N–H and O–H groups in total. The summed E-state index contributed by atoms with van der Waals surface area (Å²) in [7, 11) is 0. The lowest BCUT2D eigenvalue weighted by Gasteiger charge is -2.35. The van der Waals surface area contributed by atoms with E-state index >= 15 is 0 Å². The first-order valence-corrected chi connectivity index (χ1v) is 6.08. The number of aliphatic hydroxyl groups excluding tert-OH is 1. The van der Waals surface area contributed by atoms with E-state index in [1.165, 1.54) is 11.0 Å². The van der Waals surface area contributed by atoms with Crippen molar-refractivity contribution in [2.24, 2.45) is 0 Å². The zero-order valence-electron chi connectivity index (χ0n) is 8.90. The second-order valence-corrected chi connectivity index (χ2v) is 4.87. The van der Waals surface area contributed by atoms with Gasteiger partial charge in [0.05, 0.1) is 11.9 Å².